The molecule has 4 aromatic rings. The number of hydrogen-bond acceptors (Lipinski definition) is 8. The summed E-state index contributed by atoms with van der Waals surface area (Å²) in [6.45, 7) is 0.740. The van der Waals surface area contributed by atoms with Crippen LogP contribution >= 0.6 is 24.6 Å². The number of thiol groups is 1. The standard InChI is InChI=1S/C17H13N7OS2/c25-17(24-13-4-2-1-3-12(13)20-21-24)14-9-22(7-8-27-14)15-11-5-6-23(26)16(11)19-10-18-15/h1-6,9-10,26H,7-8H2. The van der Waals surface area contributed by atoms with Gasteiger partial charge in [0.2, 0.25) is 0 Å². The molecule has 1 aliphatic heterocycles. The van der Waals surface area contributed by atoms with Crippen molar-refractivity contribution < 1.29 is 4.79 Å². The number of thioether (sulfide) groups is 1. The summed E-state index contributed by atoms with van der Waals surface area (Å²) >= 11 is 5.86. The molecule has 0 bridgehead atoms. The van der Waals surface area contributed by atoms with Gasteiger partial charge in [0, 0.05) is 24.7 Å². The van der Waals surface area contributed by atoms with Crippen LogP contribution in [0.4, 0.5) is 5.82 Å². The zero-order valence-corrected chi connectivity index (χ0v) is 15.6. The van der Waals surface area contributed by atoms with E-state index in [1.54, 1.807) is 3.97 Å². The molecule has 4 heterocycles. The highest BCUT2D eigenvalue weighted by Crippen LogP contribution is 2.30. The van der Waals surface area contributed by atoms with Gasteiger partial charge in [0.25, 0.3) is 5.91 Å². The van der Waals surface area contributed by atoms with Crippen molar-refractivity contribution in [3.63, 3.8) is 0 Å². The fourth-order valence-electron chi connectivity index (χ4n) is 3.06. The number of benzene rings is 1. The van der Waals surface area contributed by atoms with E-state index in [0.717, 1.165) is 29.1 Å². The smallest absolute Gasteiger partial charge is 0.288 e. The number of anilines is 1. The molecule has 5 rings (SSSR count). The molecule has 0 aliphatic carbocycles. The second-order valence-electron chi connectivity index (χ2n) is 5.93. The van der Waals surface area contributed by atoms with E-state index >= 15 is 0 Å². The van der Waals surface area contributed by atoms with Crippen molar-refractivity contribution in [1.29, 1.82) is 0 Å². The van der Waals surface area contributed by atoms with Crippen molar-refractivity contribution in [2.45, 2.75) is 0 Å². The molecule has 134 valence electrons. The van der Waals surface area contributed by atoms with E-state index in [1.807, 2.05) is 47.6 Å². The van der Waals surface area contributed by atoms with Crippen LogP contribution in [0.2, 0.25) is 0 Å². The van der Waals surface area contributed by atoms with Crippen LogP contribution < -0.4 is 4.90 Å². The number of para-hydroxylation sites is 1. The molecule has 0 spiro atoms. The average molecular weight is 395 g/mol. The molecule has 27 heavy (non-hydrogen) atoms. The molecule has 0 unspecified atom stereocenters. The van der Waals surface area contributed by atoms with E-state index in [4.69, 9.17) is 0 Å². The van der Waals surface area contributed by atoms with Gasteiger partial charge in [-0.05, 0) is 18.2 Å². The molecule has 0 saturated heterocycles. The Balaban J connectivity index is 1.55. The molecule has 1 aromatic carbocycles. The third kappa shape index (κ3) is 2.68. The van der Waals surface area contributed by atoms with E-state index in [9.17, 15) is 4.79 Å². The van der Waals surface area contributed by atoms with Crippen LogP contribution in [0.1, 0.15) is 4.79 Å². The van der Waals surface area contributed by atoms with Gasteiger partial charge in [0.15, 0.2) is 5.65 Å². The molecule has 8 nitrogen and oxygen atoms in total. The normalized spacial score (nSPS) is 14.7. The molecule has 0 radical (unpaired) electrons. The van der Waals surface area contributed by atoms with Gasteiger partial charge in [0.1, 0.15) is 17.7 Å². The Kier molecular flexibility index (Phi) is 3.87. The Morgan fingerprint density at radius 1 is 1.19 bits per heavy atom. The molecular formula is C17H13N7OS2. The van der Waals surface area contributed by atoms with Gasteiger partial charge >= 0.3 is 0 Å². The predicted octanol–water partition coefficient (Wildman–Crippen LogP) is 2.60. The Bertz CT molecular complexity index is 1210. The lowest BCUT2D eigenvalue weighted by atomic mass is 10.3. The summed E-state index contributed by atoms with van der Waals surface area (Å²) in [7, 11) is 0. The van der Waals surface area contributed by atoms with Gasteiger partial charge < -0.3 is 4.90 Å². The number of carbonyl (C=O) groups excluding carboxylic acids is 1. The summed E-state index contributed by atoms with van der Waals surface area (Å²) in [4.78, 5) is 24.3. The van der Waals surface area contributed by atoms with E-state index in [2.05, 4.69) is 33.1 Å². The number of aromatic nitrogens is 6. The first-order valence-corrected chi connectivity index (χ1v) is 9.58. The van der Waals surface area contributed by atoms with Crippen molar-refractivity contribution in [1.82, 2.24) is 28.9 Å². The van der Waals surface area contributed by atoms with Crippen molar-refractivity contribution >= 4 is 58.4 Å². The lowest BCUT2D eigenvalue weighted by Gasteiger charge is -2.25. The average Bonchev–Trinajstić information content (AvgIpc) is 3.31. The summed E-state index contributed by atoms with van der Waals surface area (Å²) in [6, 6.07) is 9.32. The van der Waals surface area contributed by atoms with Gasteiger partial charge in [0.05, 0.1) is 15.8 Å². The third-order valence-corrected chi connectivity index (χ3v) is 5.63. The summed E-state index contributed by atoms with van der Waals surface area (Å²) < 4.78 is 2.99. The van der Waals surface area contributed by atoms with Crippen LogP contribution in [0.15, 0.2) is 54.0 Å². The van der Waals surface area contributed by atoms with Gasteiger partial charge in [-0.15, -0.1) is 16.9 Å². The fraction of sp³-hybridized carbons (Fsp3) is 0.118. The zero-order chi connectivity index (χ0) is 18.4. The number of nitrogens with zero attached hydrogens (tertiary/aromatic N) is 7. The largest absolute Gasteiger partial charge is 0.330 e. The number of fused-ring (bicyclic) bond motifs is 2. The first-order valence-electron chi connectivity index (χ1n) is 8.20. The van der Waals surface area contributed by atoms with Gasteiger partial charge in [-0.25, -0.2) is 9.97 Å². The maximum absolute atomic E-state index is 13.0. The highest BCUT2D eigenvalue weighted by atomic mass is 32.2. The highest BCUT2D eigenvalue weighted by Gasteiger charge is 2.23. The minimum absolute atomic E-state index is 0.199. The van der Waals surface area contributed by atoms with Gasteiger partial charge in [-0.3, -0.25) is 8.77 Å². The monoisotopic (exact) mass is 395 g/mol. The Morgan fingerprint density at radius 3 is 3.00 bits per heavy atom. The molecule has 0 saturated carbocycles. The van der Waals surface area contributed by atoms with E-state index in [0.29, 0.717) is 15.9 Å². The summed E-state index contributed by atoms with van der Waals surface area (Å²) in [5.41, 5.74) is 2.11. The van der Waals surface area contributed by atoms with Crippen molar-refractivity contribution in [2.24, 2.45) is 0 Å². The van der Waals surface area contributed by atoms with Crippen LogP contribution in [-0.4, -0.2) is 47.1 Å². The van der Waals surface area contributed by atoms with Crippen molar-refractivity contribution in [3.8, 4) is 0 Å². The number of rotatable bonds is 2. The topological polar surface area (TPSA) is 81.7 Å². The minimum atomic E-state index is -0.199. The molecule has 0 N–H and O–H groups in total. The maximum Gasteiger partial charge on any atom is 0.288 e. The lowest BCUT2D eigenvalue weighted by Crippen LogP contribution is -2.27. The quantitative estimate of drug-likeness (QED) is 0.523. The van der Waals surface area contributed by atoms with Crippen molar-refractivity contribution in [2.75, 3.05) is 17.2 Å². The third-order valence-electron chi connectivity index (χ3n) is 4.33. The molecule has 1 aliphatic rings. The van der Waals surface area contributed by atoms with Crippen LogP contribution in [0.3, 0.4) is 0 Å². The van der Waals surface area contributed by atoms with Gasteiger partial charge in [-0.1, -0.05) is 30.2 Å². The number of carbonyl (C=O) groups is 1. The van der Waals surface area contributed by atoms with E-state index in [-0.39, 0.29) is 5.91 Å². The molecule has 3 aromatic heterocycles. The summed E-state index contributed by atoms with van der Waals surface area (Å²) in [6.07, 6.45) is 5.15. The van der Waals surface area contributed by atoms with Crippen molar-refractivity contribution in [3.05, 3.63) is 54.0 Å². The van der Waals surface area contributed by atoms with Crippen LogP contribution in [0.25, 0.3) is 22.1 Å². The fourth-order valence-corrected chi connectivity index (χ4v) is 4.20. The molecular weight excluding hydrogens is 382 g/mol. The van der Waals surface area contributed by atoms with Crippen LogP contribution in [0, 0.1) is 0 Å². The molecule has 0 fully saturated rings. The summed E-state index contributed by atoms with van der Waals surface area (Å²) in [5, 5.41) is 8.98. The summed E-state index contributed by atoms with van der Waals surface area (Å²) in [5.74, 6) is 1.31. The number of hydrogen-bond donors (Lipinski definition) is 1. The molecule has 0 atom stereocenters. The maximum atomic E-state index is 13.0. The Morgan fingerprint density at radius 2 is 2.07 bits per heavy atom. The zero-order valence-electron chi connectivity index (χ0n) is 13.9. The first kappa shape index (κ1) is 16.3. The van der Waals surface area contributed by atoms with Crippen LogP contribution in [0.5, 0.6) is 0 Å². The van der Waals surface area contributed by atoms with E-state index < -0.39 is 0 Å². The number of allylic oxidation sites excluding steroid dienone is 1. The van der Waals surface area contributed by atoms with Crippen LogP contribution in [-0.2, 0) is 0 Å². The first-order chi connectivity index (χ1) is 13.2. The minimum Gasteiger partial charge on any atom is -0.330 e. The lowest BCUT2D eigenvalue weighted by molar-refractivity contribution is 0.0952. The SMILES string of the molecule is O=C(C1=CN(c2ncnc3c2ccn3S)CCS1)n1nnc2ccccc21. The predicted molar refractivity (Wildman–Crippen MR) is 108 cm³/mol. The Hall–Kier alpha value is -2.85. The highest BCUT2D eigenvalue weighted by molar-refractivity contribution is 8.04. The molecule has 10 heteroatoms. The Labute approximate surface area is 163 Å². The molecule has 0 amide bonds. The second kappa shape index (κ2) is 6.39. The van der Waals surface area contributed by atoms with E-state index in [1.165, 1.54) is 22.8 Å². The van der Waals surface area contributed by atoms with Gasteiger partial charge in [-0.2, -0.15) is 4.68 Å². The second-order valence-corrected chi connectivity index (χ2v) is 7.49.